The second kappa shape index (κ2) is 8.01. The van der Waals surface area contributed by atoms with Crippen LogP contribution in [0.2, 0.25) is 0 Å². The van der Waals surface area contributed by atoms with Crippen LogP contribution in [0.15, 0.2) is 146 Å². The normalized spacial score (nSPS) is 12.5. The Balaban J connectivity index is 1.54. The molecule has 11 rings (SSSR count). The van der Waals surface area contributed by atoms with Crippen molar-refractivity contribution in [2.45, 2.75) is 0 Å². The fourth-order valence-corrected chi connectivity index (χ4v) is 8.61. The summed E-state index contributed by atoms with van der Waals surface area (Å²) in [6.07, 6.45) is 0. The number of hydrogen-bond acceptors (Lipinski definition) is 0. The van der Waals surface area contributed by atoms with Gasteiger partial charge in [0, 0.05) is 0 Å². The zero-order valence-electron chi connectivity index (χ0n) is 23.9. The first-order valence-corrected chi connectivity index (χ1v) is 15.5. The van der Waals surface area contributed by atoms with Gasteiger partial charge in [0.2, 0.25) is 0 Å². The Bertz CT molecular complexity index is 2550. The molecule has 0 heterocycles. The zero-order valence-corrected chi connectivity index (χ0v) is 23.9. The average Bonchev–Trinajstić information content (AvgIpc) is 3.61. The summed E-state index contributed by atoms with van der Waals surface area (Å²) in [6.45, 7) is 0. The summed E-state index contributed by atoms with van der Waals surface area (Å²) in [6, 6.07) is 54.5. The summed E-state index contributed by atoms with van der Waals surface area (Å²) in [5, 5.41) is 21.6. The average molecular weight is 553 g/mol. The summed E-state index contributed by atoms with van der Waals surface area (Å²) in [4.78, 5) is 0. The molecule has 0 aliphatic rings. The highest BCUT2D eigenvalue weighted by Crippen LogP contribution is 2.56. The number of hydrogen-bond donors (Lipinski definition) is 0. The van der Waals surface area contributed by atoms with E-state index < -0.39 is 0 Å². The van der Waals surface area contributed by atoms with Crippen molar-refractivity contribution in [2.75, 3.05) is 0 Å². The molecule has 0 unspecified atom stereocenters. The van der Waals surface area contributed by atoms with Gasteiger partial charge in [-0.3, -0.25) is 0 Å². The lowest BCUT2D eigenvalue weighted by molar-refractivity contribution is 1.68. The smallest absolute Gasteiger partial charge is 0.000717 e. The Hall–Kier alpha value is -5.72. The minimum absolute atomic E-state index is 1.27. The highest BCUT2D eigenvalue weighted by atomic mass is 14.3. The van der Waals surface area contributed by atoms with E-state index in [-0.39, 0.29) is 0 Å². The van der Waals surface area contributed by atoms with Crippen LogP contribution in [0.5, 0.6) is 0 Å². The van der Waals surface area contributed by atoms with Crippen LogP contribution in [-0.2, 0) is 0 Å². The molecule has 0 saturated carbocycles. The quantitative estimate of drug-likeness (QED) is 0.200. The summed E-state index contributed by atoms with van der Waals surface area (Å²) in [5.74, 6) is 0. The minimum Gasteiger partial charge on any atom is -0.0622 e. The maximum atomic E-state index is 2.39. The molecule has 0 fully saturated rings. The molecule has 44 heavy (non-hydrogen) atoms. The third kappa shape index (κ3) is 2.66. The third-order valence-electron chi connectivity index (χ3n) is 10.3. The maximum absolute atomic E-state index is 2.39. The standard InChI is InChI=1S/C44H24/c1-3-9-25(10-4-1)37-41-31-21-17-27-13-7-15-29-19-23-33(39(31)35(27)29)43(41)38(26-11-5-2-6-12-26)44-34-24-20-30-16-8-14-28-18-22-32(42(37)44)40(34)36(28)30/h1-24H. The molecular weight excluding hydrogens is 528 g/mol. The van der Waals surface area contributed by atoms with Crippen molar-refractivity contribution in [2.24, 2.45) is 0 Å². The van der Waals surface area contributed by atoms with Gasteiger partial charge in [-0.15, -0.1) is 0 Å². The monoisotopic (exact) mass is 552 g/mol. The van der Waals surface area contributed by atoms with Crippen LogP contribution in [0.1, 0.15) is 0 Å². The lowest BCUT2D eigenvalue weighted by atomic mass is 9.87. The van der Waals surface area contributed by atoms with E-state index in [2.05, 4.69) is 146 Å². The first kappa shape index (κ1) is 22.8. The second-order valence-electron chi connectivity index (χ2n) is 12.3. The molecule has 0 aliphatic heterocycles. The predicted molar refractivity (Wildman–Crippen MR) is 191 cm³/mol. The molecule has 0 N–H and O–H groups in total. The van der Waals surface area contributed by atoms with E-state index in [1.165, 1.54) is 108 Å². The van der Waals surface area contributed by atoms with Crippen molar-refractivity contribution < 1.29 is 0 Å². The van der Waals surface area contributed by atoms with Gasteiger partial charge in [0.15, 0.2) is 0 Å². The second-order valence-corrected chi connectivity index (χ2v) is 12.3. The SMILES string of the molecule is c1ccc(-c2c3c4ccc5cccc6ccc(c3c(-c3ccccc3)c3c7ccc8cccc9ccc(c23)c7c98)c4c56)cc1. The zero-order chi connectivity index (χ0) is 28.5. The van der Waals surface area contributed by atoms with Crippen LogP contribution in [-0.4, -0.2) is 0 Å². The van der Waals surface area contributed by atoms with Gasteiger partial charge in [0.05, 0.1) is 0 Å². The molecule has 0 spiro atoms. The molecule has 0 atom stereocenters. The first-order valence-electron chi connectivity index (χ1n) is 15.5. The molecule has 11 aromatic rings. The number of benzene rings is 9. The van der Waals surface area contributed by atoms with Gasteiger partial charge in [-0.2, -0.15) is 0 Å². The lowest BCUT2D eigenvalue weighted by Crippen LogP contribution is -1.87. The van der Waals surface area contributed by atoms with E-state index >= 15 is 0 Å². The van der Waals surface area contributed by atoms with E-state index in [1.54, 1.807) is 0 Å². The molecule has 0 heteroatoms. The van der Waals surface area contributed by atoms with Crippen molar-refractivity contribution in [3.05, 3.63) is 146 Å². The molecule has 0 nitrogen and oxygen atoms in total. The van der Waals surface area contributed by atoms with Gasteiger partial charge in [0.25, 0.3) is 0 Å². The molecule has 0 amide bonds. The van der Waals surface area contributed by atoms with Crippen molar-refractivity contribution in [1.82, 2.24) is 0 Å². The highest BCUT2D eigenvalue weighted by Gasteiger charge is 2.28. The molecular formula is C44H24. The third-order valence-corrected chi connectivity index (χ3v) is 10.3. The van der Waals surface area contributed by atoms with Gasteiger partial charge in [-0.1, -0.05) is 146 Å². The van der Waals surface area contributed by atoms with Crippen molar-refractivity contribution in [1.29, 1.82) is 0 Å². The van der Waals surface area contributed by atoms with E-state index in [0.29, 0.717) is 0 Å². The Morgan fingerprint density at radius 3 is 0.841 bits per heavy atom. The number of rotatable bonds is 2. The van der Waals surface area contributed by atoms with Crippen LogP contribution in [0.3, 0.4) is 0 Å². The first-order chi connectivity index (χ1) is 21.9. The van der Waals surface area contributed by atoms with Crippen LogP contribution in [0, 0.1) is 0 Å². The Kier molecular flexibility index (Phi) is 4.15. The van der Waals surface area contributed by atoms with E-state index in [9.17, 15) is 0 Å². The summed E-state index contributed by atoms with van der Waals surface area (Å²) in [5.41, 5.74) is 5.24. The minimum atomic E-state index is 1.27. The van der Waals surface area contributed by atoms with Crippen molar-refractivity contribution in [3.63, 3.8) is 0 Å². The maximum Gasteiger partial charge on any atom is -0.000717 e. The van der Waals surface area contributed by atoms with Gasteiger partial charge < -0.3 is 0 Å². The molecule has 11 aromatic carbocycles. The van der Waals surface area contributed by atoms with Gasteiger partial charge in [0.1, 0.15) is 0 Å². The Morgan fingerprint density at radius 2 is 0.523 bits per heavy atom. The van der Waals surface area contributed by atoms with Crippen LogP contribution in [0.25, 0.3) is 108 Å². The van der Waals surface area contributed by atoms with Crippen LogP contribution < -0.4 is 0 Å². The van der Waals surface area contributed by atoms with E-state index in [1.807, 2.05) is 0 Å². The summed E-state index contributed by atoms with van der Waals surface area (Å²) < 4.78 is 0. The molecule has 0 radical (unpaired) electrons. The Morgan fingerprint density at radius 1 is 0.205 bits per heavy atom. The Labute approximate surface area is 253 Å². The predicted octanol–water partition coefficient (Wildman–Crippen LogP) is 12.6. The summed E-state index contributed by atoms with van der Waals surface area (Å²) >= 11 is 0. The topological polar surface area (TPSA) is 0 Å². The van der Waals surface area contributed by atoms with Gasteiger partial charge in [-0.25, -0.2) is 0 Å². The van der Waals surface area contributed by atoms with Gasteiger partial charge in [-0.05, 0) is 108 Å². The number of fused-ring (bicyclic) bond motifs is 6. The largest absolute Gasteiger partial charge is 0.0622 e. The van der Waals surface area contributed by atoms with E-state index in [4.69, 9.17) is 0 Å². The lowest BCUT2D eigenvalue weighted by Gasteiger charge is -2.15. The van der Waals surface area contributed by atoms with Crippen molar-refractivity contribution in [3.8, 4) is 22.3 Å². The van der Waals surface area contributed by atoms with Crippen LogP contribution in [0.4, 0.5) is 0 Å². The fourth-order valence-electron chi connectivity index (χ4n) is 8.61. The van der Waals surface area contributed by atoms with Crippen LogP contribution >= 0.6 is 0 Å². The molecule has 0 bridgehead atoms. The fraction of sp³-hybridized carbons (Fsp3) is 0. The molecule has 0 aromatic heterocycles. The molecule has 0 aliphatic carbocycles. The summed E-state index contributed by atoms with van der Waals surface area (Å²) in [7, 11) is 0. The molecule has 200 valence electrons. The molecule has 0 saturated heterocycles. The van der Waals surface area contributed by atoms with Crippen molar-refractivity contribution >= 4 is 86.2 Å². The highest BCUT2D eigenvalue weighted by molar-refractivity contribution is 6.48. The van der Waals surface area contributed by atoms with E-state index in [0.717, 1.165) is 0 Å². The van der Waals surface area contributed by atoms with Gasteiger partial charge >= 0.3 is 0 Å².